The first-order chi connectivity index (χ1) is 20.5. The number of benzene rings is 2. The number of rotatable bonds is 10. The van der Waals surface area contributed by atoms with E-state index in [2.05, 4.69) is 50.4 Å². The van der Waals surface area contributed by atoms with E-state index in [4.69, 9.17) is 18.9 Å². The first kappa shape index (κ1) is 29.7. The van der Waals surface area contributed by atoms with Crippen LogP contribution in [0, 0.1) is 23.2 Å². The van der Waals surface area contributed by atoms with E-state index in [0.29, 0.717) is 46.9 Å². The molecule has 3 aliphatic carbocycles. The molecule has 43 heavy (non-hydrogen) atoms. The van der Waals surface area contributed by atoms with E-state index in [1.165, 1.54) is 6.42 Å². The highest BCUT2D eigenvalue weighted by Gasteiger charge is 2.68. The van der Waals surface area contributed by atoms with E-state index in [1.54, 1.807) is 24.3 Å². The topological polar surface area (TPSA) is 107 Å². The van der Waals surface area contributed by atoms with Crippen molar-refractivity contribution in [1.29, 1.82) is 0 Å². The van der Waals surface area contributed by atoms with E-state index in [0.717, 1.165) is 12.8 Å². The fourth-order valence-corrected chi connectivity index (χ4v) is 7.37. The largest absolute Gasteiger partial charge is 0.481 e. The van der Waals surface area contributed by atoms with Crippen LogP contribution in [-0.2, 0) is 18.9 Å². The monoisotopic (exact) mass is 587 g/mol. The average molecular weight is 588 g/mol. The molecule has 1 unspecified atom stereocenters. The van der Waals surface area contributed by atoms with E-state index >= 15 is 0 Å². The maximum absolute atomic E-state index is 13.3. The minimum absolute atomic E-state index is 0.0488. The van der Waals surface area contributed by atoms with Gasteiger partial charge in [-0.05, 0) is 79.7 Å². The quantitative estimate of drug-likeness (QED) is 0.373. The smallest absolute Gasteiger partial charge is 0.457 e. The van der Waals surface area contributed by atoms with Crippen LogP contribution in [0.2, 0.25) is 0 Å². The summed E-state index contributed by atoms with van der Waals surface area (Å²) < 4.78 is 19.0. The Morgan fingerprint density at radius 3 is 2.58 bits per heavy atom. The second kappa shape index (κ2) is 11.6. The number of nitrogens with zero attached hydrogens (tertiary/aromatic N) is 1. The summed E-state index contributed by atoms with van der Waals surface area (Å²) in [6.07, 6.45) is 2.47. The summed E-state index contributed by atoms with van der Waals surface area (Å²) in [5, 5.41) is 10.1. The number of nitrogens with one attached hydrogen (secondary N) is 2. The molecular weight excluding hydrogens is 545 g/mol. The number of hydrogen-bond donors (Lipinski definition) is 2. The fourth-order valence-electron chi connectivity index (χ4n) is 7.37. The van der Waals surface area contributed by atoms with Crippen molar-refractivity contribution in [3.8, 4) is 11.5 Å². The van der Waals surface area contributed by atoms with Gasteiger partial charge in [0.05, 0.1) is 29.9 Å². The third-order valence-electron chi connectivity index (χ3n) is 9.90. The highest BCUT2D eigenvalue weighted by atomic mass is 16.7. The number of ether oxygens (including phenoxy) is 1. The van der Waals surface area contributed by atoms with Gasteiger partial charge >= 0.3 is 7.12 Å². The Kier molecular flexibility index (Phi) is 8.02. The van der Waals surface area contributed by atoms with Crippen molar-refractivity contribution in [3.05, 3.63) is 60.2 Å². The molecule has 2 bridgehead atoms. The van der Waals surface area contributed by atoms with Crippen LogP contribution in [0.15, 0.2) is 59.8 Å². The second-order valence-electron chi connectivity index (χ2n) is 13.7. The third kappa shape index (κ3) is 5.91. The number of amides is 2. The molecule has 2 amide bonds. The van der Waals surface area contributed by atoms with Crippen LogP contribution in [0.5, 0.6) is 11.5 Å². The van der Waals surface area contributed by atoms with Gasteiger partial charge in [-0.2, -0.15) is 0 Å². The Hall–Kier alpha value is -3.37. The van der Waals surface area contributed by atoms with E-state index in [9.17, 15) is 9.59 Å². The number of hydrogen-bond acceptors (Lipinski definition) is 7. The molecule has 4 fully saturated rings. The second-order valence-corrected chi connectivity index (χ2v) is 13.7. The van der Waals surface area contributed by atoms with Crippen molar-refractivity contribution in [2.75, 3.05) is 6.54 Å². The van der Waals surface area contributed by atoms with Crippen LogP contribution >= 0.6 is 0 Å². The molecule has 5 aliphatic rings. The van der Waals surface area contributed by atoms with E-state index in [-0.39, 0.29) is 41.4 Å². The van der Waals surface area contributed by atoms with Crippen molar-refractivity contribution in [2.45, 2.75) is 84.1 Å². The molecule has 2 aromatic rings. The van der Waals surface area contributed by atoms with Gasteiger partial charge in [0.1, 0.15) is 11.5 Å². The number of para-hydroxylation sites is 1. The van der Waals surface area contributed by atoms with Gasteiger partial charge in [0.2, 0.25) is 6.10 Å². The highest BCUT2D eigenvalue weighted by molar-refractivity contribution is 6.48. The van der Waals surface area contributed by atoms with Crippen LogP contribution in [0.1, 0.15) is 70.7 Å². The molecule has 2 aromatic carbocycles. The predicted molar refractivity (Wildman–Crippen MR) is 164 cm³/mol. The zero-order chi connectivity index (χ0) is 30.4. The van der Waals surface area contributed by atoms with Gasteiger partial charge in [0, 0.05) is 12.0 Å². The minimum Gasteiger partial charge on any atom is -0.457 e. The van der Waals surface area contributed by atoms with Crippen LogP contribution in [0.4, 0.5) is 0 Å². The van der Waals surface area contributed by atoms with E-state index in [1.807, 2.05) is 30.3 Å². The molecule has 3 saturated carbocycles. The Labute approximate surface area is 254 Å². The van der Waals surface area contributed by atoms with E-state index < -0.39 is 13.2 Å². The number of carbonyl (C=O) groups excluding carboxylic acids is 2. The number of carbonyl (C=O) groups is 2. The Bertz CT molecular complexity index is 1380. The molecule has 2 aliphatic heterocycles. The Balaban J connectivity index is 1.01. The molecule has 0 spiro atoms. The maximum atomic E-state index is 13.3. The average Bonchev–Trinajstić information content (AvgIpc) is 3.60. The molecule has 228 valence electrons. The molecule has 0 aromatic heterocycles. The molecule has 2 heterocycles. The Morgan fingerprint density at radius 1 is 1.07 bits per heavy atom. The summed E-state index contributed by atoms with van der Waals surface area (Å²) in [4.78, 5) is 31.7. The zero-order valence-electron chi connectivity index (χ0n) is 25.7. The summed E-state index contributed by atoms with van der Waals surface area (Å²) in [6.45, 7) is 11.3. The third-order valence-corrected chi connectivity index (χ3v) is 9.90. The lowest BCUT2D eigenvalue weighted by atomic mass is 9.43. The lowest BCUT2D eigenvalue weighted by Gasteiger charge is -2.64. The summed E-state index contributed by atoms with van der Waals surface area (Å²) in [7, 11) is -0.501. The van der Waals surface area contributed by atoms with Gasteiger partial charge in [-0.15, -0.1) is 0 Å². The lowest BCUT2D eigenvalue weighted by Crippen LogP contribution is -2.65. The molecule has 9 nitrogen and oxygen atoms in total. The van der Waals surface area contributed by atoms with Crippen molar-refractivity contribution < 1.29 is 28.5 Å². The van der Waals surface area contributed by atoms with Crippen LogP contribution in [0.3, 0.4) is 0 Å². The first-order valence-corrected chi connectivity index (χ1v) is 15.5. The first-order valence-electron chi connectivity index (χ1n) is 15.5. The van der Waals surface area contributed by atoms with Crippen molar-refractivity contribution in [3.63, 3.8) is 0 Å². The van der Waals surface area contributed by atoms with Crippen molar-refractivity contribution in [2.24, 2.45) is 28.3 Å². The maximum Gasteiger partial charge on any atom is 0.481 e. The van der Waals surface area contributed by atoms with Gasteiger partial charge in [-0.25, -0.2) is 0 Å². The molecule has 6 atom stereocenters. The molecular formula is C33H42BN3O6. The molecule has 7 rings (SSSR count). The van der Waals surface area contributed by atoms with Gasteiger partial charge in [0.25, 0.3) is 11.8 Å². The van der Waals surface area contributed by atoms with Crippen molar-refractivity contribution in [1.82, 2.24) is 10.6 Å². The zero-order valence-corrected chi connectivity index (χ0v) is 25.7. The lowest BCUT2D eigenvalue weighted by molar-refractivity contribution is -0.199. The molecule has 10 heteroatoms. The standard InChI is InChI=1S/C33H42BN3O6/c1-20(2)14-29(34-41-28-17-22-16-27(32(22,3)4)33(28,5)43-34)36-31(39)26-18-23(37-42-26)19-35-30(38)21-10-9-13-25(15-21)40-24-11-7-6-8-12-24/h6-13,15,20,22,26-29H,14,16-19H2,1-5H3,(H,35,38)(H,36,39)/t22-,26?,27-,28+,29-,33-/m0/s1. The predicted octanol–water partition coefficient (Wildman–Crippen LogP) is 5.15. The van der Waals surface area contributed by atoms with Crippen LogP contribution < -0.4 is 15.4 Å². The fraction of sp³-hybridized carbons (Fsp3) is 0.545. The summed E-state index contributed by atoms with van der Waals surface area (Å²) in [6, 6.07) is 16.4. The molecule has 1 saturated heterocycles. The Morgan fingerprint density at radius 2 is 1.84 bits per heavy atom. The summed E-state index contributed by atoms with van der Waals surface area (Å²) in [5.41, 5.74) is 0.971. The molecule has 2 N–H and O–H groups in total. The van der Waals surface area contributed by atoms with Gasteiger partial charge in [-0.1, -0.05) is 57.1 Å². The number of oxime groups is 1. The van der Waals surface area contributed by atoms with Gasteiger partial charge in [-0.3, -0.25) is 9.59 Å². The normalized spacial score (nSPS) is 29.2. The highest BCUT2D eigenvalue weighted by Crippen LogP contribution is 2.65. The van der Waals surface area contributed by atoms with Gasteiger partial charge in [0.15, 0.2) is 0 Å². The van der Waals surface area contributed by atoms with Crippen LogP contribution in [-0.4, -0.2) is 54.9 Å². The minimum atomic E-state index is -0.768. The van der Waals surface area contributed by atoms with Gasteiger partial charge < -0.3 is 29.5 Å². The summed E-state index contributed by atoms with van der Waals surface area (Å²) in [5.74, 6) is 1.89. The van der Waals surface area contributed by atoms with Crippen LogP contribution in [0.25, 0.3) is 0 Å². The van der Waals surface area contributed by atoms with Crippen molar-refractivity contribution >= 4 is 24.6 Å². The summed E-state index contributed by atoms with van der Waals surface area (Å²) >= 11 is 0. The SMILES string of the molecule is CC(C)C[C@H](NC(=O)C1CC(CNC(=O)c2cccc(Oc3ccccc3)c2)=NO1)B1O[C@@H]2C[C@@H]3C[C@@H](C3(C)C)[C@]2(C)O1. The molecule has 0 radical (unpaired) electrons.